The first-order valence-electron chi connectivity index (χ1n) is 11.7. The number of nitrogens with two attached hydrogens (primary N) is 1. The molecule has 0 aliphatic heterocycles. The number of aromatic hydroxyl groups is 2. The first-order chi connectivity index (χ1) is 17.1. The number of rotatable bonds is 12. The van der Waals surface area contributed by atoms with Crippen LogP contribution >= 0.6 is 0 Å². The van der Waals surface area contributed by atoms with Crippen LogP contribution in [0.4, 0.5) is 0 Å². The van der Waals surface area contributed by atoms with E-state index in [1.807, 2.05) is 0 Å². The maximum absolute atomic E-state index is 13.0. The van der Waals surface area contributed by atoms with Crippen molar-refractivity contribution in [1.29, 1.82) is 0 Å². The van der Waals surface area contributed by atoms with E-state index < -0.39 is 21.7 Å². The Morgan fingerprint density at radius 2 is 1.81 bits per heavy atom. The minimum atomic E-state index is -4.04. The summed E-state index contributed by atoms with van der Waals surface area (Å²) in [4.78, 5) is 17.3. The molecule has 3 aromatic rings. The van der Waals surface area contributed by atoms with Gasteiger partial charge in [-0.1, -0.05) is 26.0 Å². The van der Waals surface area contributed by atoms with Crippen LogP contribution in [0.5, 0.6) is 11.5 Å². The number of H-pyrrole nitrogens is 1. The average molecular weight is 517 g/mol. The molecule has 3 rings (SSSR count). The summed E-state index contributed by atoms with van der Waals surface area (Å²) in [7, 11) is -4.04. The van der Waals surface area contributed by atoms with E-state index >= 15 is 0 Å². The molecule has 0 aliphatic rings. The highest BCUT2D eigenvalue weighted by molar-refractivity contribution is 7.89. The van der Waals surface area contributed by atoms with Crippen LogP contribution in [0.1, 0.15) is 42.9 Å². The van der Waals surface area contributed by atoms with E-state index in [2.05, 4.69) is 38.7 Å². The van der Waals surface area contributed by atoms with Gasteiger partial charge in [0.2, 0.25) is 15.8 Å². The fourth-order valence-corrected chi connectivity index (χ4v) is 5.00. The number of sulfonamides is 1. The summed E-state index contributed by atoms with van der Waals surface area (Å²) in [5.74, 6) is -1.49. The molecule has 36 heavy (non-hydrogen) atoms. The Kier molecular flexibility index (Phi) is 8.66. The van der Waals surface area contributed by atoms with Gasteiger partial charge in [0.15, 0.2) is 5.82 Å². The Morgan fingerprint density at radius 1 is 1.08 bits per heavy atom. The summed E-state index contributed by atoms with van der Waals surface area (Å²) in [5, 5.41) is 27.4. The van der Waals surface area contributed by atoms with Crippen LogP contribution in [-0.4, -0.2) is 70.8 Å². The summed E-state index contributed by atoms with van der Waals surface area (Å²) in [5.41, 5.74) is 7.19. The number of carbonyl (C=O) groups is 1. The number of phenolic OH excluding ortho intramolecular Hbond substituents is 2. The van der Waals surface area contributed by atoms with Crippen LogP contribution in [0.3, 0.4) is 0 Å². The molecule has 1 aromatic heterocycles. The third-order valence-corrected chi connectivity index (χ3v) is 7.45. The molecule has 194 valence electrons. The van der Waals surface area contributed by atoms with E-state index in [1.54, 1.807) is 25.1 Å². The molecule has 0 unspecified atom stereocenters. The molecule has 2 aromatic carbocycles. The number of unbranched alkanes of at least 4 members (excludes halogenated alkanes) is 1. The standard InChI is InChI=1S/C24H32N6O5S/c1-4-30(5-2)11-7-6-10-26-36(34,35)21-13-18(19(31)14-20(21)32)17-12-16(9-8-15(17)3)23-27-24(22(25)33)29-28-23/h8-9,12-14,26,31-32H,4-7,10-11H2,1-3H3,(H2,25,33)(H,27,28,29). The summed E-state index contributed by atoms with van der Waals surface area (Å²) >= 11 is 0. The molecule has 6 N–H and O–H groups in total. The van der Waals surface area contributed by atoms with Crippen LogP contribution in [0.25, 0.3) is 22.5 Å². The maximum Gasteiger partial charge on any atom is 0.286 e. The molecular weight excluding hydrogens is 484 g/mol. The number of benzene rings is 2. The Morgan fingerprint density at radius 3 is 2.44 bits per heavy atom. The van der Waals surface area contributed by atoms with Crippen molar-refractivity contribution >= 4 is 15.9 Å². The van der Waals surface area contributed by atoms with Gasteiger partial charge in [-0.3, -0.25) is 9.89 Å². The van der Waals surface area contributed by atoms with Gasteiger partial charge in [-0.15, -0.1) is 0 Å². The SMILES string of the molecule is CCN(CC)CCCCNS(=O)(=O)c1cc(-c2cc(-c3n[nH]c(C(N)=O)n3)ccc2C)c(O)cc1O. The van der Waals surface area contributed by atoms with Gasteiger partial charge in [0.05, 0.1) is 0 Å². The van der Waals surface area contributed by atoms with Crippen LogP contribution < -0.4 is 10.5 Å². The number of primary amides is 1. The van der Waals surface area contributed by atoms with Gasteiger partial charge in [0.1, 0.15) is 16.4 Å². The van der Waals surface area contributed by atoms with Crippen molar-refractivity contribution in [2.75, 3.05) is 26.2 Å². The zero-order valence-corrected chi connectivity index (χ0v) is 21.4. The third-order valence-electron chi connectivity index (χ3n) is 5.96. The number of carbonyl (C=O) groups excluding carboxylic acids is 1. The van der Waals surface area contributed by atoms with E-state index in [0.29, 0.717) is 17.5 Å². The molecule has 11 nitrogen and oxygen atoms in total. The molecule has 0 saturated carbocycles. The maximum atomic E-state index is 13.0. The van der Waals surface area contributed by atoms with Crippen molar-refractivity contribution in [3.63, 3.8) is 0 Å². The van der Waals surface area contributed by atoms with Gasteiger partial charge in [-0.05, 0) is 62.7 Å². The summed E-state index contributed by atoms with van der Waals surface area (Å²) in [6.07, 6.45) is 1.48. The van der Waals surface area contributed by atoms with E-state index in [0.717, 1.165) is 37.7 Å². The highest BCUT2D eigenvalue weighted by atomic mass is 32.2. The van der Waals surface area contributed by atoms with Crippen LogP contribution in [0.2, 0.25) is 0 Å². The van der Waals surface area contributed by atoms with Gasteiger partial charge in [-0.25, -0.2) is 18.1 Å². The number of nitrogens with zero attached hydrogens (tertiary/aromatic N) is 3. The minimum Gasteiger partial charge on any atom is -0.507 e. The van der Waals surface area contributed by atoms with Crippen LogP contribution in [-0.2, 0) is 10.0 Å². The van der Waals surface area contributed by atoms with Crippen molar-refractivity contribution < 1.29 is 23.4 Å². The zero-order chi connectivity index (χ0) is 26.5. The molecule has 1 heterocycles. The molecule has 0 saturated heterocycles. The molecule has 0 bridgehead atoms. The second kappa shape index (κ2) is 11.5. The fraction of sp³-hybridized carbons (Fsp3) is 0.375. The quantitative estimate of drug-likeness (QED) is 0.228. The predicted molar refractivity (Wildman–Crippen MR) is 136 cm³/mol. The molecule has 0 atom stereocenters. The number of phenols is 2. The highest BCUT2D eigenvalue weighted by Crippen LogP contribution is 2.39. The zero-order valence-electron chi connectivity index (χ0n) is 20.6. The number of aromatic amines is 1. The lowest BCUT2D eigenvalue weighted by molar-refractivity contribution is 0.0991. The Bertz CT molecular complexity index is 1330. The normalized spacial score (nSPS) is 11.8. The molecular formula is C24H32N6O5S. The van der Waals surface area contributed by atoms with Crippen molar-refractivity contribution in [2.24, 2.45) is 5.73 Å². The monoisotopic (exact) mass is 516 g/mol. The lowest BCUT2D eigenvalue weighted by Gasteiger charge is -2.17. The van der Waals surface area contributed by atoms with Gasteiger partial charge in [0.25, 0.3) is 5.91 Å². The number of nitrogens with one attached hydrogen (secondary N) is 2. The molecule has 1 amide bonds. The topological polar surface area (TPSA) is 175 Å². The number of amides is 1. The van der Waals surface area contributed by atoms with E-state index in [9.17, 15) is 23.4 Å². The number of aryl methyl sites for hydroxylation is 1. The number of hydrogen-bond acceptors (Lipinski definition) is 8. The van der Waals surface area contributed by atoms with Gasteiger partial charge >= 0.3 is 0 Å². The van der Waals surface area contributed by atoms with Crippen LogP contribution in [0, 0.1) is 6.92 Å². The van der Waals surface area contributed by atoms with Crippen molar-refractivity contribution in [3.05, 3.63) is 41.7 Å². The Hall–Kier alpha value is -3.48. The molecule has 0 fully saturated rings. The average Bonchev–Trinajstić information content (AvgIpc) is 3.33. The Labute approximate surface area is 210 Å². The summed E-state index contributed by atoms with van der Waals surface area (Å²) < 4.78 is 28.5. The van der Waals surface area contributed by atoms with Crippen LogP contribution in [0.15, 0.2) is 35.2 Å². The number of hydrogen-bond donors (Lipinski definition) is 5. The minimum absolute atomic E-state index is 0.101. The largest absolute Gasteiger partial charge is 0.507 e. The molecule has 0 aliphatic carbocycles. The van der Waals surface area contributed by atoms with Crippen molar-refractivity contribution in [1.82, 2.24) is 24.8 Å². The van der Waals surface area contributed by atoms with Gasteiger partial charge in [-0.2, -0.15) is 5.10 Å². The molecule has 0 spiro atoms. The lowest BCUT2D eigenvalue weighted by atomic mass is 9.97. The van der Waals surface area contributed by atoms with Gasteiger partial charge in [0, 0.05) is 23.7 Å². The fourth-order valence-electron chi connectivity index (χ4n) is 3.83. The molecule has 0 radical (unpaired) electrons. The lowest BCUT2D eigenvalue weighted by Crippen LogP contribution is -2.27. The summed E-state index contributed by atoms with van der Waals surface area (Å²) in [6, 6.07) is 7.38. The number of aromatic nitrogens is 3. The predicted octanol–water partition coefficient (Wildman–Crippen LogP) is 2.36. The van der Waals surface area contributed by atoms with E-state index in [-0.39, 0.29) is 34.4 Å². The van der Waals surface area contributed by atoms with E-state index in [4.69, 9.17) is 5.73 Å². The first kappa shape index (κ1) is 27.1. The highest BCUT2D eigenvalue weighted by Gasteiger charge is 2.23. The Balaban J connectivity index is 1.87. The first-order valence-corrected chi connectivity index (χ1v) is 13.2. The second-order valence-corrected chi connectivity index (χ2v) is 10.1. The summed E-state index contributed by atoms with van der Waals surface area (Å²) in [6.45, 7) is 8.94. The third kappa shape index (κ3) is 6.20. The van der Waals surface area contributed by atoms with Crippen molar-refractivity contribution in [3.8, 4) is 34.0 Å². The smallest absolute Gasteiger partial charge is 0.286 e. The molecule has 12 heteroatoms. The van der Waals surface area contributed by atoms with Crippen molar-refractivity contribution in [2.45, 2.75) is 38.5 Å². The van der Waals surface area contributed by atoms with Gasteiger partial charge < -0.3 is 20.8 Å². The van der Waals surface area contributed by atoms with E-state index in [1.165, 1.54) is 6.07 Å². The second-order valence-electron chi connectivity index (χ2n) is 8.37.